The van der Waals surface area contributed by atoms with E-state index in [0.29, 0.717) is 16.4 Å². The zero-order valence-electron chi connectivity index (χ0n) is 13.9. The van der Waals surface area contributed by atoms with Gasteiger partial charge in [-0.25, -0.2) is 0 Å². The van der Waals surface area contributed by atoms with Crippen molar-refractivity contribution in [1.29, 1.82) is 0 Å². The first-order valence-corrected chi connectivity index (χ1v) is 8.91. The van der Waals surface area contributed by atoms with E-state index in [1.54, 1.807) is 18.2 Å². The summed E-state index contributed by atoms with van der Waals surface area (Å²) in [7, 11) is 0. The minimum absolute atomic E-state index is 0.115. The number of carbonyl (C=O) groups is 2. The van der Waals surface area contributed by atoms with Crippen LogP contribution in [0.15, 0.2) is 53.4 Å². The molecule has 0 aliphatic heterocycles. The van der Waals surface area contributed by atoms with Crippen LogP contribution in [0.4, 0.5) is 5.69 Å². The lowest BCUT2D eigenvalue weighted by molar-refractivity contribution is -0.113. The summed E-state index contributed by atoms with van der Waals surface area (Å²) in [5.41, 5.74) is 7.82. The summed E-state index contributed by atoms with van der Waals surface area (Å²) in [5.74, 6) is 0.127. The molecule has 0 aromatic heterocycles. The Bertz CT molecular complexity index is 714. The number of primary amides is 1. The molecule has 126 valence electrons. The van der Waals surface area contributed by atoms with Crippen LogP contribution in [0.2, 0.25) is 0 Å². The lowest BCUT2D eigenvalue weighted by Gasteiger charge is -2.11. The maximum absolute atomic E-state index is 12.1. The number of benzene rings is 2. The van der Waals surface area contributed by atoms with Crippen LogP contribution < -0.4 is 11.1 Å². The molecule has 5 heteroatoms. The minimum atomic E-state index is -0.487. The third-order valence-corrected chi connectivity index (χ3v) is 4.96. The molecular weight excluding hydrogens is 320 g/mol. The fraction of sp³-hybridized carbons (Fsp3) is 0.263. The standard InChI is InChI=1S/C19H22N2O2S/c1-3-13(2)14-8-10-15(11-9-14)21-18(22)12-24-17-7-5-4-6-16(17)19(20)23/h4-11,13H,3,12H2,1-2H3,(H2,20,23)(H,21,22). The van der Waals surface area contributed by atoms with Crippen LogP contribution in [0.5, 0.6) is 0 Å². The predicted octanol–water partition coefficient (Wildman–Crippen LogP) is 4.03. The molecule has 0 saturated heterocycles. The summed E-state index contributed by atoms with van der Waals surface area (Å²) in [4.78, 5) is 24.2. The largest absolute Gasteiger partial charge is 0.366 e. The van der Waals surface area contributed by atoms with Gasteiger partial charge in [0.2, 0.25) is 11.8 Å². The SMILES string of the molecule is CCC(C)c1ccc(NC(=O)CSc2ccccc2C(N)=O)cc1. The van der Waals surface area contributed by atoms with E-state index in [2.05, 4.69) is 19.2 Å². The van der Waals surface area contributed by atoms with E-state index in [0.717, 1.165) is 12.1 Å². The fourth-order valence-electron chi connectivity index (χ4n) is 2.27. The van der Waals surface area contributed by atoms with E-state index in [-0.39, 0.29) is 11.7 Å². The average Bonchev–Trinajstić information content (AvgIpc) is 2.60. The first-order chi connectivity index (χ1) is 11.5. The van der Waals surface area contributed by atoms with Gasteiger partial charge in [-0.15, -0.1) is 11.8 Å². The number of carbonyl (C=O) groups excluding carboxylic acids is 2. The lowest BCUT2D eigenvalue weighted by atomic mass is 9.99. The Hall–Kier alpha value is -2.27. The topological polar surface area (TPSA) is 72.2 Å². The normalized spacial score (nSPS) is 11.8. The molecule has 1 unspecified atom stereocenters. The molecule has 0 fully saturated rings. The van der Waals surface area contributed by atoms with E-state index in [1.807, 2.05) is 30.3 Å². The van der Waals surface area contributed by atoms with Crippen molar-refractivity contribution in [3.63, 3.8) is 0 Å². The number of hydrogen-bond acceptors (Lipinski definition) is 3. The summed E-state index contributed by atoms with van der Waals surface area (Å²) >= 11 is 1.30. The third kappa shape index (κ3) is 4.86. The Labute approximate surface area is 146 Å². The van der Waals surface area contributed by atoms with Gasteiger partial charge in [0.1, 0.15) is 0 Å². The highest BCUT2D eigenvalue weighted by Gasteiger charge is 2.10. The Kier molecular flexibility index (Phi) is 6.44. The molecular formula is C19H22N2O2S. The van der Waals surface area contributed by atoms with Gasteiger partial charge in [-0.1, -0.05) is 38.1 Å². The second kappa shape index (κ2) is 8.55. The van der Waals surface area contributed by atoms with Crippen molar-refractivity contribution in [2.45, 2.75) is 31.1 Å². The highest BCUT2D eigenvalue weighted by molar-refractivity contribution is 8.00. The Morgan fingerprint density at radius 2 is 1.79 bits per heavy atom. The van der Waals surface area contributed by atoms with E-state index in [1.165, 1.54) is 17.3 Å². The monoisotopic (exact) mass is 342 g/mol. The second-order valence-corrected chi connectivity index (χ2v) is 6.65. The molecule has 2 aromatic carbocycles. The van der Waals surface area contributed by atoms with Crippen LogP contribution in [-0.4, -0.2) is 17.6 Å². The summed E-state index contributed by atoms with van der Waals surface area (Å²) < 4.78 is 0. The van der Waals surface area contributed by atoms with Crippen molar-refractivity contribution in [1.82, 2.24) is 0 Å². The molecule has 0 heterocycles. The molecule has 4 nitrogen and oxygen atoms in total. The van der Waals surface area contributed by atoms with E-state index >= 15 is 0 Å². The summed E-state index contributed by atoms with van der Waals surface area (Å²) in [6.45, 7) is 4.34. The zero-order valence-corrected chi connectivity index (χ0v) is 14.7. The van der Waals surface area contributed by atoms with Crippen molar-refractivity contribution < 1.29 is 9.59 Å². The van der Waals surface area contributed by atoms with Crippen molar-refractivity contribution in [2.75, 3.05) is 11.1 Å². The molecule has 24 heavy (non-hydrogen) atoms. The summed E-state index contributed by atoms with van der Waals surface area (Å²) in [6.07, 6.45) is 1.08. The lowest BCUT2D eigenvalue weighted by Crippen LogP contribution is -2.15. The molecule has 0 bridgehead atoms. The number of anilines is 1. The predicted molar refractivity (Wildman–Crippen MR) is 99.5 cm³/mol. The molecule has 2 rings (SSSR count). The third-order valence-electron chi connectivity index (χ3n) is 3.89. The van der Waals surface area contributed by atoms with Crippen LogP contribution in [0.25, 0.3) is 0 Å². The van der Waals surface area contributed by atoms with Crippen molar-refractivity contribution in [3.8, 4) is 0 Å². The van der Waals surface area contributed by atoms with Crippen molar-refractivity contribution in [3.05, 3.63) is 59.7 Å². The van der Waals surface area contributed by atoms with Crippen molar-refractivity contribution in [2.24, 2.45) is 5.73 Å². The van der Waals surface area contributed by atoms with E-state index < -0.39 is 5.91 Å². The number of thioether (sulfide) groups is 1. The highest BCUT2D eigenvalue weighted by atomic mass is 32.2. The molecule has 0 radical (unpaired) electrons. The van der Waals surface area contributed by atoms with Gasteiger partial charge in [0.25, 0.3) is 0 Å². The van der Waals surface area contributed by atoms with Gasteiger partial charge in [0, 0.05) is 10.6 Å². The number of nitrogens with two attached hydrogens (primary N) is 1. The maximum Gasteiger partial charge on any atom is 0.249 e. The molecule has 0 spiro atoms. The average molecular weight is 342 g/mol. The van der Waals surface area contributed by atoms with Gasteiger partial charge in [-0.3, -0.25) is 9.59 Å². The Balaban J connectivity index is 1.93. The number of nitrogens with one attached hydrogen (secondary N) is 1. The second-order valence-electron chi connectivity index (χ2n) is 5.63. The van der Waals surface area contributed by atoms with Gasteiger partial charge in [-0.05, 0) is 42.2 Å². The van der Waals surface area contributed by atoms with Gasteiger partial charge in [-0.2, -0.15) is 0 Å². The molecule has 0 aliphatic carbocycles. The highest BCUT2D eigenvalue weighted by Crippen LogP contribution is 2.23. The van der Waals surface area contributed by atoms with Crippen LogP contribution >= 0.6 is 11.8 Å². The van der Waals surface area contributed by atoms with Gasteiger partial charge >= 0.3 is 0 Å². The quantitative estimate of drug-likeness (QED) is 0.746. The van der Waals surface area contributed by atoms with Gasteiger partial charge in [0.15, 0.2) is 0 Å². The molecule has 0 saturated carbocycles. The number of amides is 2. The molecule has 2 aromatic rings. The Morgan fingerprint density at radius 1 is 1.12 bits per heavy atom. The van der Waals surface area contributed by atoms with E-state index in [9.17, 15) is 9.59 Å². The molecule has 1 atom stereocenters. The summed E-state index contributed by atoms with van der Waals surface area (Å²) in [5, 5.41) is 2.87. The first kappa shape index (κ1) is 18.1. The molecule has 3 N–H and O–H groups in total. The number of rotatable bonds is 7. The smallest absolute Gasteiger partial charge is 0.249 e. The van der Waals surface area contributed by atoms with Gasteiger partial charge in [0.05, 0.1) is 11.3 Å². The van der Waals surface area contributed by atoms with Crippen LogP contribution in [0.3, 0.4) is 0 Å². The zero-order chi connectivity index (χ0) is 17.5. The van der Waals surface area contributed by atoms with Crippen molar-refractivity contribution >= 4 is 29.3 Å². The van der Waals surface area contributed by atoms with E-state index in [4.69, 9.17) is 5.73 Å². The maximum atomic E-state index is 12.1. The number of hydrogen-bond donors (Lipinski definition) is 2. The van der Waals surface area contributed by atoms with Crippen LogP contribution in [0.1, 0.15) is 42.1 Å². The van der Waals surface area contributed by atoms with Crippen LogP contribution in [0, 0.1) is 0 Å². The molecule has 2 amide bonds. The fourth-order valence-corrected chi connectivity index (χ4v) is 3.12. The molecule has 0 aliphatic rings. The summed E-state index contributed by atoms with van der Waals surface area (Å²) in [6, 6.07) is 14.9. The minimum Gasteiger partial charge on any atom is -0.366 e. The Morgan fingerprint density at radius 3 is 2.42 bits per heavy atom. The van der Waals surface area contributed by atoms with Gasteiger partial charge < -0.3 is 11.1 Å². The van der Waals surface area contributed by atoms with Crippen LogP contribution in [-0.2, 0) is 4.79 Å². The first-order valence-electron chi connectivity index (χ1n) is 7.92.